The number of carbonyl (C=O) groups excluding carboxylic acids is 1. The molecule has 0 saturated heterocycles. The van der Waals surface area contributed by atoms with Gasteiger partial charge in [-0.05, 0) is 43.3 Å². The summed E-state index contributed by atoms with van der Waals surface area (Å²) in [5.41, 5.74) is 0.995. The Morgan fingerprint density at radius 3 is 2.21 bits per heavy atom. The van der Waals surface area contributed by atoms with E-state index in [2.05, 4.69) is 4.72 Å². The number of halogens is 3. The molecule has 0 aromatic heterocycles. The zero-order chi connectivity index (χ0) is 20.8. The molecule has 0 fully saturated rings. The van der Waals surface area contributed by atoms with Crippen molar-refractivity contribution in [3.63, 3.8) is 0 Å². The summed E-state index contributed by atoms with van der Waals surface area (Å²) in [7, 11) is -3.84. The summed E-state index contributed by atoms with van der Waals surface area (Å²) in [6.45, 7) is 0.599. The molecule has 0 atom stereocenters. The van der Waals surface area contributed by atoms with Crippen LogP contribution in [0.5, 0.6) is 5.75 Å². The van der Waals surface area contributed by atoms with E-state index >= 15 is 0 Å². The highest BCUT2D eigenvalue weighted by Crippen LogP contribution is 2.14. The maximum atomic E-state index is 12.2. The van der Waals surface area contributed by atoms with Gasteiger partial charge in [-0.25, -0.2) is 13.1 Å². The highest BCUT2D eigenvalue weighted by atomic mass is 32.2. The fourth-order valence-electron chi connectivity index (χ4n) is 2.13. The number of alkyl halides is 3. The third kappa shape index (κ3) is 6.86. The summed E-state index contributed by atoms with van der Waals surface area (Å²) in [6.07, 6.45) is -4.52. The minimum Gasteiger partial charge on any atom is -0.492 e. The molecule has 2 aromatic carbocycles. The molecule has 0 aliphatic heterocycles. The molecule has 28 heavy (non-hydrogen) atoms. The molecular weight excluding hydrogens is 397 g/mol. The van der Waals surface area contributed by atoms with Gasteiger partial charge in [-0.3, -0.25) is 4.79 Å². The maximum Gasteiger partial charge on any atom is 0.405 e. The summed E-state index contributed by atoms with van der Waals surface area (Å²) in [6, 6.07) is 11.8. The van der Waals surface area contributed by atoms with E-state index < -0.39 is 28.7 Å². The molecule has 2 N–H and O–H groups in total. The summed E-state index contributed by atoms with van der Waals surface area (Å²) < 4.78 is 68.5. The molecule has 0 heterocycles. The third-order valence-corrected chi connectivity index (χ3v) is 5.04. The molecule has 0 radical (unpaired) electrons. The van der Waals surface area contributed by atoms with E-state index in [1.165, 1.54) is 0 Å². The molecule has 0 bridgehead atoms. The molecule has 0 saturated carbocycles. The van der Waals surface area contributed by atoms with Crippen molar-refractivity contribution in [2.75, 3.05) is 19.7 Å². The molecule has 152 valence electrons. The minimum absolute atomic E-state index is 0.0179. The van der Waals surface area contributed by atoms with E-state index in [-0.39, 0.29) is 23.6 Å². The number of carbonyl (C=O) groups is 1. The lowest BCUT2D eigenvalue weighted by Crippen LogP contribution is -2.33. The van der Waals surface area contributed by atoms with Crippen molar-refractivity contribution in [1.29, 1.82) is 0 Å². The van der Waals surface area contributed by atoms with Gasteiger partial charge in [-0.1, -0.05) is 17.7 Å². The Kier molecular flexibility index (Phi) is 7.03. The zero-order valence-corrected chi connectivity index (χ0v) is 15.7. The molecule has 2 rings (SSSR count). The van der Waals surface area contributed by atoms with Gasteiger partial charge in [0.2, 0.25) is 10.0 Å². The number of amides is 1. The smallest absolute Gasteiger partial charge is 0.405 e. The highest BCUT2D eigenvalue weighted by molar-refractivity contribution is 7.89. The quantitative estimate of drug-likeness (QED) is 0.648. The van der Waals surface area contributed by atoms with Crippen molar-refractivity contribution in [1.82, 2.24) is 10.0 Å². The van der Waals surface area contributed by atoms with E-state index in [0.717, 1.165) is 29.8 Å². The number of hydrogen-bond acceptors (Lipinski definition) is 4. The molecule has 0 spiro atoms. The van der Waals surface area contributed by atoms with Crippen LogP contribution < -0.4 is 14.8 Å². The van der Waals surface area contributed by atoms with Crippen LogP contribution in [0.1, 0.15) is 15.9 Å². The molecule has 6 nitrogen and oxygen atoms in total. The lowest BCUT2D eigenvalue weighted by atomic mass is 10.2. The number of sulfonamides is 1. The molecule has 10 heteroatoms. The Labute approximate surface area is 160 Å². The van der Waals surface area contributed by atoms with E-state index in [1.54, 1.807) is 17.4 Å². The van der Waals surface area contributed by atoms with Crippen LogP contribution in [0.15, 0.2) is 53.4 Å². The SMILES string of the molecule is Cc1ccc(OCCNS(=O)(=O)c2ccc(C(=O)NCC(F)(F)F)cc2)cc1. The molecule has 0 unspecified atom stereocenters. The second-order valence-electron chi connectivity index (χ2n) is 5.88. The van der Waals surface area contributed by atoms with Gasteiger partial charge in [0, 0.05) is 12.1 Å². The van der Waals surface area contributed by atoms with Crippen LogP contribution in [0.2, 0.25) is 0 Å². The van der Waals surface area contributed by atoms with E-state index in [1.807, 2.05) is 19.1 Å². The van der Waals surface area contributed by atoms with Crippen LogP contribution in [-0.4, -0.2) is 40.2 Å². The average molecular weight is 416 g/mol. The topological polar surface area (TPSA) is 84.5 Å². The minimum atomic E-state index is -4.52. The van der Waals surface area contributed by atoms with Gasteiger partial charge in [0.25, 0.3) is 5.91 Å². The monoisotopic (exact) mass is 416 g/mol. The second-order valence-corrected chi connectivity index (χ2v) is 7.65. The molecule has 0 aliphatic rings. The average Bonchev–Trinajstić information content (AvgIpc) is 2.64. The normalized spacial score (nSPS) is 11.9. The first-order valence-corrected chi connectivity index (χ1v) is 9.69. The fourth-order valence-corrected chi connectivity index (χ4v) is 3.14. The van der Waals surface area contributed by atoms with Crippen LogP contribution in [0.3, 0.4) is 0 Å². The van der Waals surface area contributed by atoms with Gasteiger partial charge in [0.15, 0.2) is 0 Å². The van der Waals surface area contributed by atoms with Gasteiger partial charge in [-0.2, -0.15) is 13.2 Å². The van der Waals surface area contributed by atoms with Crippen LogP contribution in [-0.2, 0) is 10.0 Å². The lowest BCUT2D eigenvalue weighted by Gasteiger charge is -2.10. The molecular formula is C18H19F3N2O4S. The van der Waals surface area contributed by atoms with Crippen LogP contribution in [0, 0.1) is 6.92 Å². The molecule has 0 aliphatic carbocycles. The molecule has 1 amide bonds. The van der Waals surface area contributed by atoms with Crippen molar-refractivity contribution in [2.45, 2.75) is 18.0 Å². The number of rotatable bonds is 8. The van der Waals surface area contributed by atoms with Crippen molar-refractivity contribution >= 4 is 15.9 Å². The van der Waals surface area contributed by atoms with Crippen LogP contribution in [0.25, 0.3) is 0 Å². The Bertz CT molecular complexity index is 896. The van der Waals surface area contributed by atoms with Crippen LogP contribution in [0.4, 0.5) is 13.2 Å². The number of ether oxygens (including phenoxy) is 1. The maximum absolute atomic E-state index is 12.2. The standard InChI is InChI=1S/C18H19F3N2O4S/c1-13-2-6-15(7-3-13)27-11-10-23-28(25,26)16-8-4-14(5-9-16)17(24)22-12-18(19,20)21/h2-9,23H,10-12H2,1H3,(H,22,24). The van der Waals surface area contributed by atoms with E-state index in [9.17, 15) is 26.4 Å². The Morgan fingerprint density at radius 2 is 1.64 bits per heavy atom. The Hall–Kier alpha value is -2.59. The Morgan fingerprint density at radius 1 is 1.04 bits per heavy atom. The third-order valence-electron chi connectivity index (χ3n) is 3.56. The summed E-state index contributed by atoms with van der Waals surface area (Å²) in [5.74, 6) is -0.334. The van der Waals surface area contributed by atoms with Gasteiger partial charge in [0.05, 0.1) is 4.90 Å². The first-order valence-electron chi connectivity index (χ1n) is 8.21. The number of nitrogens with one attached hydrogen (secondary N) is 2. The van der Waals surface area contributed by atoms with Crippen LogP contribution >= 0.6 is 0 Å². The summed E-state index contributed by atoms with van der Waals surface area (Å²) in [4.78, 5) is 11.5. The van der Waals surface area contributed by atoms with Gasteiger partial charge >= 0.3 is 6.18 Å². The van der Waals surface area contributed by atoms with E-state index in [0.29, 0.717) is 5.75 Å². The van der Waals surface area contributed by atoms with Crippen molar-refractivity contribution in [2.24, 2.45) is 0 Å². The fraction of sp³-hybridized carbons (Fsp3) is 0.278. The van der Waals surface area contributed by atoms with Gasteiger partial charge < -0.3 is 10.1 Å². The van der Waals surface area contributed by atoms with Crippen molar-refractivity contribution in [3.05, 3.63) is 59.7 Å². The summed E-state index contributed by atoms with van der Waals surface area (Å²) in [5, 5.41) is 1.71. The van der Waals surface area contributed by atoms with Crippen molar-refractivity contribution in [3.8, 4) is 5.75 Å². The highest BCUT2D eigenvalue weighted by Gasteiger charge is 2.28. The zero-order valence-electron chi connectivity index (χ0n) is 14.9. The first-order chi connectivity index (χ1) is 13.1. The first kappa shape index (κ1) is 21.7. The predicted molar refractivity (Wildman–Crippen MR) is 96.7 cm³/mol. The molecule has 2 aromatic rings. The largest absolute Gasteiger partial charge is 0.492 e. The number of aryl methyl sites for hydroxylation is 1. The van der Waals surface area contributed by atoms with Gasteiger partial charge in [0.1, 0.15) is 18.9 Å². The van der Waals surface area contributed by atoms with Gasteiger partial charge in [-0.15, -0.1) is 0 Å². The second kappa shape index (κ2) is 9.07. The van der Waals surface area contributed by atoms with Crippen molar-refractivity contribution < 1.29 is 31.1 Å². The summed E-state index contributed by atoms with van der Waals surface area (Å²) >= 11 is 0. The lowest BCUT2D eigenvalue weighted by molar-refractivity contribution is -0.123. The number of hydrogen-bond donors (Lipinski definition) is 2. The number of benzene rings is 2. The van der Waals surface area contributed by atoms with E-state index in [4.69, 9.17) is 4.74 Å². The Balaban J connectivity index is 1.87. The predicted octanol–water partition coefficient (Wildman–Crippen LogP) is 2.64.